The average Bonchev–Trinajstić information content (AvgIpc) is 2.90. The summed E-state index contributed by atoms with van der Waals surface area (Å²) < 4.78 is 5.35. The molecular formula is C16H22N4O2. The molecule has 0 aromatic carbocycles. The van der Waals surface area contributed by atoms with Gasteiger partial charge in [0.05, 0.1) is 16.6 Å². The zero-order valence-corrected chi connectivity index (χ0v) is 13.5. The topological polar surface area (TPSA) is 71.3 Å². The van der Waals surface area contributed by atoms with Crippen molar-refractivity contribution in [1.29, 1.82) is 0 Å². The molecule has 1 N–H and O–H groups in total. The largest absolute Gasteiger partial charge is 0.335 e. The lowest BCUT2D eigenvalue weighted by Gasteiger charge is -2.34. The van der Waals surface area contributed by atoms with Crippen molar-refractivity contribution < 1.29 is 9.32 Å². The number of pyridine rings is 1. The molecule has 6 heteroatoms. The smallest absolute Gasteiger partial charge is 0.259 e. The highest BCUT2D eigenvalue weighted by atomic mass is 16.5. The second kappa shape index (κ2) is 5.68. The highest BCUT2D eigenvalue weighted by molar-refractivity contribution is 6.06. The van der Waals surface area contributed by atoms with E-state index in [9.17, 15) is 4.79 Å². The second-order valence-electron chi connectivity index (χ2n) is 6.27. The van der Waals surface area contributed by atoms with Crippen LogP contribution in [0, 0.1) is 6.92 Å². The SMILES string of the molecule is Cc1cc(C(=O)N2CCNC[C@@H]2C)c2c(C(C)C)noc2n1. The Balaban J connectivity index is 2.12. The van der Waals surface area contributed by atoms with Crippen LogP contribution in [-0.2, 0) is 0 Å². The van der Waals surface area contributed by atoms with E-state index in [2.05, 4.69) is 22.4 Å². The monoisotopic (exact) mass is 302 g/mol. The van der Waals surface area contributed by atoms with Crippen LogP contribution in [0.15, 0.2) is 10.6 Å². The van der Waals surface area contributed by atoms with Crippen molar-refractivity contribution in [3.05, 3.63) is 23.0 Å². The number of carbonyl (C=O) groups excluding carboxylic acids is 1. The number of nitrogens with zero attached hydrogens (tertiary/aromatic N) is 3. The Labute approximate surface area is 129 Å². The number of carbonyl (C=O) groups is 1. The Kier molecular flexibility index (Phi) is 3.87. The van der Waals surface area contributed by atoms with Crippen molar-refractivity contribution in [2.24, 2.45) is 0 Å². The normalized spacial score (nSPS) is 19.1. The van der Waals surface area contributed by atoms with E-state index in [-0.39, 0.29) is 17.9 Å². The summed E-state index contributed by atoms with van der Waals surface area (Å²) in [5, 5.41) is 8.19. The van der Waals surface area contributed by atoms with Crippen molar-refractivity contribution in [1.82, 2.24) is 20.4 Å². The lowest BCUT2D eigenvalue weighted by atomic mass is 10.0. The van der Waals surface area contributed by atoms with Crippen molar-refractivity contribution in [3.8, 4) is 0 Å². The van der Waals surface area contributed by atoms with Gasteiger partial charge >= 0.3 is 0 Å². The maximum Gasteiger partial charge on any atom is 0.259 e. The van der Waals surface area contributed by atoms with Crippen molar-refractivity contribution >= 4 is 17.0 Å². The fourth-order valence-electron chi connectivity index (χ4n) is 2.96. The first kappa shape index (κ1) is 15.0. The van der Waals surface area contributed by atoms with Gasteiger partial charge in [-0.3, -0.25) is 4.79 Å². The van der Waals surface area contributed by atoms with Crippen LogP contribution in [-0.4, -0.2) is 46.6 Å². The molecule has 1 amide bonds. The van der Waals surface area contributed by atoms with Crippen LogP contribution in [0.2, 0.25) is 0 Å². The highest BCUT2D eigenvalue weighted by Crippen LogP contribution is 2.28. The van der Waals surface area contributed by atoms with E-state index in [0.717, 1.165) is 29.9 Å². The molecule has 2 aromatic rings. The first-order valence-corrected chi connectivity index (χ1v) is 7.77. The molecule has 1 atom stereocenters. The third-order valence-corrected chi connectivity index (χ3v) is 4.14. The quantitative estimate of drug-likeness (QED) is 0.919. The van der Waals surface area contributed by atoms with Gasteiger partial charge in [-0.1, -0.05) is 19.0 Å². The molecule has 2 aromatic heterocycles. The van der Waals surface area contributed by atoms with Crippen LogP contribution in [0.1, 0.15) is 48.4 Å². The average molecular weight is 302 g/mol. The standard InChI is InChI=1S/C16H22N4O2/c1-9(2)14-13-12(7-10(3)18-15(13)22-19-14)16(21)20-6-5-17-8-11(20)4/h7,9,11,17H,5-6,8H2,1-4H3/t11-/m0/s1. The minimum Gasteiger partial charge on any atom is -0.335 e. The number of amides is 1. The van der Waals surface area contributed by atoms with Gasteiger partial charge in [-0.2, -0.15) is 0 Å². The first-order chi connectivity index (χ1) is 10.5. The molecule has 0 unspecified atom stereocenters. The van der Waals surface area contributed by atoms with Gasteiger partial charge in [-0.25, -0.2) is 4.98 Å². The molecule has 3 heterocycles. The summed E-state index contributed by atoms with van der Waals surface area (Å²) in [6.07, 6.45) is 0. The van der Waals surface area contributed by atoms with Gasteiger partial charge in [0.15, 0.2) is 0 Å². The predicted octanol–water partition coefficient (Wildman–Crippen LogP) is 2.09. The summed E-state index contributed by atoms with van der Waals surface area (Å²) in [6.45, 7) is 10.4. The number of piperazine rings is 1. The maximum atomic E-state index is 13.1. The number of fused-ring (bicyclic) bond motifs is 1. The molecular weight excluding hydrogens is 280 g/mol. The van der Waals surface area contributed by atoms with E-state index in [1.54, 1.807) is 0 Å². The van der Waals surface area contributed by atoms with Gasteiger partial charge in [-0.15, -0.1) is 0 Å². The molecule has 1 aliphatic heterocycles. The molecule has 1 saturated heterocycles. The maximum absolute atomic E-state index is 13.1. The minimum absolute atomic E-state index is 0.0367. The van der Waals surface area contributed by atoms with Gasteiger partial charge in [0.2, 0.25) is 0 Å². The molecule has 0 aliphatic carbocycles. The van der Waals surface area contributed by atoms with Crippen LogP contribution in [0.25, 0.3) is 11.1 Å². The zero-order valence-electron chi connectivity index (χ0n) is 13.5. The Morgan fingerprint density at radius 2 is 2.27 bits per heavy atom. The molecule has 118 valence electrons. The number of rotatable bonds is 2. The molecule has 22 heavy (non-hydrogen) atoms. The summed E-state index contributed by atoms with van der Waals surface area (Å²) in [5.41, 5.74) is 2.68. The molecule has 0 radical (unpaired) electrons. The Bertz CT molecular complexity index is 707. The van der Waals surface area contributed by atoms with Crippen molar-refractivity contribution in [3.63, 3.8) is 0 Å². The third kappa shape index (κ3) is 2.47. The van der Waals surface area contributed by atoms with Gasteiger partial charge in [0.25, 0.3) is 11.6 Å². The lowest BCUT2D eigenvalue weighted by Crippen LogP contribution is -2.52. The van der Waals surface area contributed by atoms with E-state index < -0.39 is 0 Å². The van der Waals surface area contributed by atoms with E-state index in [1.165, 1.54) is 0 Å². The number of hydrogen-bond donors (Lipinski definition) is 1. The van der Waals surface area contributed by atoms with Crippen LogP contribution in [0.4, 0.5) is 0 Å². The summed E-state index contributed by atoms with van der Waals surface area (Å²) in [4.78, 5) is 19.3. The Morgan fingerprint density at radius 3 is 2.95 bits per heavy atom. The minimum atomic E-state index is 0.0367. The molecule has 3 rings (SSSR count). The fraction of sp³-hybridized carbons (Fsp3) is 0.562. The Morgan fingerprint density at radius 1 is 1.50 bits per heavy atom. The number of aromatic nitrogens is 2. The Hall–Kier alpha value is -1.95. The summed E-state index contributed by atoms with van der Waals surface area (Å²) in [6, 6.07) is 2.02. The number of hydrogen-bond acceptors (Lipinski definition) is 5. The van der Waals surface area contributed by atoms with Crippen LogP contribution in [0.5, 0.6) is 0 Å². The first-order valence-electron chi connectivity index (χ1n) is 7.77. The summed E-state index contributed by atoms with van der Waals surface area (Å²) in [5.74, 6) is 0.215. The molecule has 1 fully saturated rings. The van der Waals surface area contributed by atoms with Crippen molar-refractivity contribution in [2.45, 2.75) is 39.7 Å². The predicted molar refractivity (Wildman–Crippen MR) is 84.0 cm³/mol. The van der Waals surface area contributed by atoms with E-state index >= 15 is 0 Å². The molecule has 0 spiro atoms. The fourth-order valence-corrected chi connectivity index (χ4v) is 2.96. The molecule has 0 bridgehead atoms. The van der Waals surface area contributed by atoms with E-state index in [0.29, 0.717) is 17.8 Å². The van der Waals surface area contributed by atoms with Crippen LogP contribution >= 0.6 is 0 Å². The van der Waals surface area contributed by atoms with Crippen LogP contribution < -0.4 is 5.32 Å². The highest BCUT2D eigenvalue weighted by Gasteiger charge is 2.28. The van der Waals surface area contributed by atoms with Gasteiger partial charge in [0.1, 0.15) is 0 Å². The zero-order chi connectivity index (χ0) is 15.9. The molecule has 6 nitrogen and oxygen atoms in total. The van der Waals surface area contributed by atoms with Gasteiger partial charge in [-0.05, 0) is 25.8 Å². The third-order valence-electron chi connectivity index (χ3n) is 4.14. The van der Waals surface area contributed by atoms with E-state index in [1.807, 2.05) is 31.7 Å². The van der Waals surface area contributed by atoms with Gasteiger partial charge < -0.3 is 14.7 Å². The van der Waals surface area contributed by atoms with Crippen molar-refractivity contribution in [2.75, 3.05) is 19.6 Å². The summed E-state index contributed by atoms with van der Waals surface area (Å²) >= 11 is 0. The summed E-state index contributed by atoms with van der Waals surface area (Å²) in [7, 11) is 0. The lowest BCUT2D eigenvalue weighted by molar-refractivity contribution is 0.0657. The second-order valence-corrected chi connectivity index (χ2v) is 6.27. The molecule has 1 aliphatic rings. The molecule has 0 saturated carbocycles. The number of aryl methyl sites for hydroxylation is 1. The van der Waals surface area contributed by atoms with Crippen LogP contribution in [0.3, 0.4) is 0 Å². The number of nitrogens with one attached hydrogen (secondary N) is 1. The van der Waals surface area contributed by atoms with E-state index in [4.69, 9.17) is 4.52 Å². The van der Waals surface area contributed by atoms with Gasteiger partial charge in [0, 0.05) is 31.4 Å².